The van der Waals surface area contributed by atoms with Crippen LogP contribution in [0.3, 0.4) is 0 Å². The average Bonchev–Trinajstić information content (AvgIpc) is 3.29. The van der Waals surface area contributed by atoms with E-state index in [2.05, 4.69) is 27.4 Å². The predicted octanol–water partition coefficient (Wildman–Crippen LogP) is 1.77. The lowest BCUT2D eigenvalue weighted by atomic mass is 10.0. The molecule has 152 valence electrons. The number of methoxy groups -OCH3 is 1. The van der Waals surface area contributed by atoms with E-state index in [9.17, 15) is 14.7 Å². The quantitative estimate of drug-likeness (QED) is 0.577. The second-order valence-corrected chi connectivity index (χ2v) is 7.11. The Morgan fingerprint density at radius 2 is 2.17 bits per heavy atom. The Bertz CT molecular complexity index is 1210. The number of likely N-dealkylation sites (tertiary alicyclic amines) is 1. The maximum absolute atomic E-state index is 12.7. The molecule has 0 bridgehead atoms. The Hall–Kier alpha value is -3.83. The summed E-state index contributed by atoms with van der Waals surface area (Å²) in [6, 6.07) is 12.2. The van der Waals surface area contributed by atoms with Crippen LogP contribution < -0.4 is 10.1 Å². The van der Waals surface area contributed by atoms with Crippen LogP contribution in [-0.4, -0.2) is 58.3 Å². The minimum Gasteiger partial charge on any atom is -0.497 e. The van der Waals surface area contributed by atoms with Crippen LogP contribution in [0.25, 0.3) is 10.9 Å². The number of nitrogens with zero attached hydrogens (tertiary/aromatic N) is 2. The molecule has 0 aliphatic carbocycles. The van der Waals surface area contributed by atoms with E-state index < -0.39 is 11.5 Å². The maximum Gasteiger partial charge on any atom is 0.276 e. The molecular weight excluding hydrogens is 384 g/mol. The molecule has 1 fully saturated rings. The third-order valence-corrected chi connectivity index (χ3v) is 5.03. The van der Waals surface area contributed by atoms with Crippen molar-refractivity contribution in [3.63, 3.8) is 0 Å². The van der Waals surface area contributed by atoms with Gasteiger partial charge in [-0.05, 0) is 30.3 Å². The van der Waals surface area contributed by atoms with Crippen molar-refractivity contribution in [3.8, 4) is 17.6 Å². The highest BCUT2D eigenvalue weighted by molar-refractivity contribution is 6.11. The topological polar surface area (TPSA) is 108 Å². The molecule has 8 nitrogen and oxygen atoms in total. The number of nitrogens with one attached hydrogen (secondary N) is 2. The van der Waals surface area contributed by atoms with Gasteiger partial charge in [-0.2, -0.15) is 5.10 Å². The number of aliphatic hydroxyl groups is 1. The van der Waals surface area contributed by atoms with Crippen LogP contribution in [0.5, 0.6) is 5.75 Å². The highest BCUT2D eigenvalue weighted by Gasteiger charge is 2.42. The van der Waals surface area contributed by atoms with Crippen molar-refractivity contribution >= 4 is 28.4 Å². The summed E-state index contributed by atoms with van der Waals surface area (Å²) in [7, 11) is 3.20. The summed E-state index contributed by atoms with van der Waals surface area (Å²) in [5.74, 6) is 5.40. The molecule has 0 unspecified atom stereocenters. The second-order valence-electron chi connectivity index (χ2n) is 7.11. The lowest BCUT2D eigenvalue weighted by Gasteiger charge is -2.13. The van der Waals surface area contributed by atoms with Gasteiger partial charge in [-0.15, -0.1) is 0 Å². The van der Waals surface area contributed by atoms with Crippen molar-refractivity contribution in [2.75, 3.05) is 26.0 Å². The van der Waals surface area contributed by atoms with Crippen LogP contribution in [0.4, 0.5) is 5.69 Å². The number of likely N-dealkylation sites (N-methyl/N-ethyl adjacent to an activating group) is 1. The molecule has 1 saturated heterocycles. The fourth-order valence-electron chi connectivity index (χ4n) is 3.31. The van der Waals surface area contributed by atoms with E-state index >= 15 is 0 Å². The first-order valence-corrected chi connectivity index (χ1v) is 9.34. The van der Waals surface area contributed by atoms with E-state index in [0.29, 0.717) is 34.4 Å². The van der Waals surface area contributed by atoms with Gasteiger partial charge >= 0.3 is 0 Å². The Kier molecular flexibility index (Phi) is 4.90. The molecule has 30 heavy (non-hydrogen) atoms. The minimum atomic E-state index is -1.66. The molecule has 3 aromatic rings. The Balaban J connectivity index is 1.54. The largest absolute Gasteiger partial charge is 0.497 e. The van der Waals surface area contributed by atoms with Crippen LogP contribution in [-0.2, 0) is 4.79 Å². The molecule has 2 heterocycles. The molecule has 8 heteroatoms. The van der Waals surface area contributed by atoms with Crippen molar-refractivity contribution in [2.24, 2.45) is 0 Å². The first kappa shape index (κ1) is 19.5. The number of fused-ring (bicyclic) bond motifs is 1. The summed E-state index contributed by atoms with van der Waals surface area (Å²) in [5, 5.41) is 20.8. The van der Waals surface area contributed by atoms with Crippen molar-refractivity contribution in [1.82, 2.24) is 15.1 Å². The maximum atomic E-state index is 12.7. The number of benzene rings is 2. The lowest BCUT2D eigenvalue weighted by molar-refractivity contribution is -0.137. The van der Waals surface area contributed by atoms with Gasteiger partial charge in [0, 0.05) is 42.7 Å². The monoisotopic (exact) mass is 404 g/mol. The number of hydrogen-bond acceptors (Lipinski definition) is 5. The highest BCUT2D eigenvalue weighted by atomic mass is 16.5. The molecule has 0 spiro atoms. The van der Waals surface area contributed by atoms with Gasteiger partial charge < -0.3 is 20.1 Å². The standard InChI is InChI=1S/C22H20N4O4/c1-26-11-10-22(29,21(26)28)9-8-14-4-3-5-15(12-14)23-20(27)19-17-7-6-16(30-2)13-18(17)24-25-19/h3-7,12-13,29H,10-11H2,1-2H3,(H,23,27)(H,24,25)/t22-/m0/s1. The molecule has 4 rings (SSSR count). The third kappa shape index (κ3) is 3.58. The number of aromatic amines is 1. The summed E-state index contributed by atoms with van der Waals surface area (Å²) in [5.41, 5.74) is 0.387. The van der Waals surface area contributed by atoms with Gasteiger partial charge in [0.2, 0.25) is 5.60 Å². The number of amides is 2. The molecule has 0 radical (unpaired) electrons. The number of carbonyl (C=O) groups excluding carboxylic acids is 2. The SMILES string of the molecule is COc1ccc2c(C(=O)Nc3cccc(C#C[C@]4(O)CCN(C)C4=O)c3)n[nH]c2c1. The number of hydrogen-bond donors (Lipinski definition) is 3. The van der Waals surface area contributed by atoms with Gasteiger partial charge in [0.1, 0.15) is 5.75 Å². The van der Waals surface area contributed by atoms with E-state index in [1.807, 2.05) is 0 Å². The summed E-state index contributed by atoms with van der Waals surface area (Å²) in [6.45, 7) is 0.462. The fraction of sp³-hybridized carbons (Fsp3) is 0.227. The number of H-pyrrole nitrogens is 1. The minimum absolute atomic E-state index is 0.262. The summed E-state index contributed by atoms with van der Waals surface area (Å²) >= 11 is 0. The van der Waals surface area contributed by atoms with Crippen LogP contribution in [0, 0.1) is 11.8 Å². The zero-order valence-corrected chi connectivity index (χ0v) is 16.5. The van der Waals surface area contributed by atoms with Gasteiger partial charge in [0.15, 0.2) is 5.69 Å². The molecular formula is C22H20N4O4. The highest BCUT2D eigenvalue weighted by Crippen LogP contribution is 2.23. The molecule has 2 amide bonds. The van der Waals surface area contributed by atoms with Gasteiger partial charge in [-0.25, -0.2) is 0 Å². The van der Waals surface area contributed by atoms with Crippen LogP contribution in [0.1, 0.15) is 22.5 Å². The number of ether oxygens (including phenoxy) is 1. The smallest absolute Gasteiger partial charge is 0.276 e. The third-order valence-electron chi connectivity index (χ3n) is 5.03. The van der Waals surface area contributed by atoms with Crippen molar-refractivity contribution < 1.29 is 19.4 Å². The molecule has 1 aromatic heterocycles. The normalized spacial score (nSPS) is 18.2. The van der Waals surface area contributed by atoms with Crippen LogP contribution in [0.2, 0.25) is 0 Å². The van der Waals surface area contributed by atoms with E-state index in [4.69, 9.17) is 4.74 Å². The predicted molar refractivity (Wildman–Crippen MR) is 111 cm³/mol. The van der Waals surface area contributed by atoms with E-state index in [1.54, 1.807) is 56.6 Å². The van der Waals surface area contributed by atoms with Gasteiger partial charge in [-0.1, -0.05) is 17.9 Å². The zero-order chi connectivity index (χ0) is 21.3. The van der Waals surface area contributed by atoms with E-state index in [0.717, 1.165) is 0 Å². The Labute approximate surface area is 172 Å². The fourth-order valence-corrected chi connectivity index (χ4v) is 3.31. The summed E-state index contributed by atoms with van der Waals surface area (Å²) in [6.07, 6.45) is 0.267. The molecule has 0 saturated carbocycles. The van der Waals surface area contributed by atoms with Gasteiger partial charge in [0.25, 0.3) is 11.8 Å². The Morgan fingerprint density at radius 1 is 1.33 bits per heavy atom. The zero-order valence-electron chi connectivity index (χ0n) is 16.5. The lowest BCUT2D eigenvalue weighted by Crippen LogP contribution is -2.37. The van der Waals surface area contributed by atoms with Gasteiger partial charge in [-0.3, -0.25) is 14.7 Å². The summed E-state index contributed by atoms with van der Waals surface area (Å²) < 4.78 is 5.18. The van der Waals surface area contributed by atoms with Crippen molar-refractivity contribution in [1.29, 1.82) is 0 Å². The van der Waals surface area contributed by atoms with E-state index in [-0.39, 0.29) is 18.0 Å². The number of aromatic nitrogens is 2. The molecule has 3 N–H and O–H groups in total. The van der Waals surface area contributed by atoms with Crippen molar-refractivity contribution in [3.05, 3.63) is 53.7 Å². The number of carbonyl (C=O) groups is 2. The van der Waals surface area contributed by atoms with E-state index in [1.165, 1.54) is 4.90 Å². The molecule has 1 aliphatic rings. The van der Waals surface area contributed by atoms with Crippen LogP contribution >= 0.6 is 0 Å². The van der Waals surface area contributed by atoms with Crippen LogP contribution in [0.15, 0.2) is 42.5 Å². The number of anilines is 1. The average molecular weight is 404 g/mol. The molecule has 1 atom stereocenters. The summed E-state index contributed by atoms with van der Waals surface area (Å²) in [4.78, 5) is 26.2. The molecule has 1 aliphatic heterocycles. The Morgan fingerprint density at radius 3 is 2.90 bits per heavy atom. The molecule has 2 aromatic carbocycles. The van der Waals surface area contributed by atoms with Gasteiger partial charge in [0.05, 0.1) is 12.6 Å². The second kappa shape index (κ2) is 7.54. The first-order valence-electron chi connectivity index (χ1n) is 9.34. The number of rotatable bonds is 3. The first-order chi connectivity index (χ1) is 14.4. The van der Waals surface area contributed by atoms with Crippen molar-refractivity contribution in [2.45, 2.75) is 12.0 Å².